The molecule has 3 rings (SSSR count). The number of hydrogen-bond acceptors (Lipinski definition) is 2. The number of hydrogen-bond donors (Lipinski definition) is 2. The minimum Gasteiger partial charge on any atom is -0.345 e. The lowest BCUT2D eigenvalue weighted by molar-refractivity contribution is 0.407. The molecule has 1 saturated heterocycles. The molecule has 1 saturated carbocycles. The number of aromatic amines is 1. The van der Waals surface area contributed by atoms with Crippen molar-refractivity contribution in [3.8, 4) is 0 Å². The van der Waals surface area contributed by atoms with E-state index in [1.165, 1.54) is 55.9 Å². The molecule has 0 spiro atoms. The van der Waals surface area contributed by atoms with Crippen LogP contribution in [0.1, 0.15) is 68.1 Å². The van der Waals surface area contributed by atoms with Crippen molar-refractivity contribution in [2.45, 2.75) is 57.3 Å². The lowest BCUT2D eigenvalue weighted by Gasteiger charge is -2.24. The van der Waals surface area contributed by atoms with Gasteiger partial charge in [0.05, 0.1) is 5.69 Å². The molecule has 2 heterocycles. The Bertz CT molecular complexity index is 373. The molecule has 2 N–H and O–H groups in total. The van der Waals surface area contributed by atoms with Crippen molar-refractivity contribution >= 4 is 0 Å². The molecule has 0 radical (unpaired) electrons. The highest BCUT2D eigenvalue weighted by Crippen LogP contribution is 2.38. The maximum absolute atomic E-state index is 4.93. The molecule has 3 nitrogen and oxygen atoms in total. The van der Waals surface area contributed by atoms with E-state index in [0.717, 1.165) is 18.9 Å². The van der Waals surface area contributed by atoms with E-state index in [2.05, 4.69) is 17.2 Å². The van der Waals surface area contributed by atoms with Gasteiger partial charge in [0.2, 0.25) is 0 Å². The fourth-order valence-corrected chi connectivity index (χ4v) is 3.01. The Hall–Kier alpha value is -0.830. The number of imidazole rings is 1. The average Bonchev–Trinajstić information content (AvgIpc) is 2.72. The van der Waals surface area contributed by atoms with Crippen molar-refractivity contribution in [2.75, 3.05) is 13.1 Å². The Morgan fingerprint density at radius 1 is 1.18 bits per heavy atom. The lowest BCUT2D eigenvalue weighted by Crippen LogP contribution is -2.29. The summed E-state index contributed by atoms with van der Waals surface area (Å²) in [6.07, 6.45) is 7.75. The van der Waals surface area contributed by atoms with Crippen LogP contribution in [0, 0.1) is 0 Å². The van der Waals surface area contributed by atoms with Crippen molar-refractivity contribution in [3.63, 3.8) is 0 Å². The van der Waals surface area contributed by atoms with Crippen LogP contribution in [-0.2, 0) is 6.42 Å². The SMILES string of the molecule is CCc1[nH]c(C2CCCNC2)nc1C1CCC1. The van der Waals surface area contributed by atoms with Crippen molar-refractivity contribution in [2.24, 2.45) is 0 Å². The van der Waals surface area contributed by atoms with Gasteiger partial charge >= 0.3 is 0 Å². The summed E-state index contributed by atoms with van der Waals surface area (Å²) in [6.45, 7) is 4.51. The van der Waals surface area contributed by atoms with Crippen molar-refractivity contribution in [3.05, 3.63) is 17.2 Å². The molecule has 1 aliphatic heterocycles. The molecular weight excluding hydrogens is 210 g/mol. The largest absolute Gasteiger partial charge is 0.345 e. The van der Waals surface area contributed by atoms with Crippen LogP contribution in [0.4, 0.5) is 0 Å². The molecule has 94 valence electrons. The third-order valence-corrected chi connectivity index (χ3v) is 4.36. The molecule has 1 aliphatic carbocycles. The second-order valence-corrected chi connectivity index (χ2v) is 5.51. The monoisotopic (exact) mass is 233 g/mol. The minimum atomic E-state index is 0.614. The molecule has 2 fully saturated rings. The average molecular weight is 233 g/mol. The normalized spacial score (nSPS) is 25.8. The fourth-order valence-electron chi connectivity index (χ4n) is 3.01. The first kappa shape index (κ1) is 11.3. The summed E-state index contributed by atoms with van der Waals surface area (Å²) in [4.78, 5) is 8.53. The molecule has 1 atom stereocenters. The Kier molecular flexibility index (Phi) is 3.19. The van der Waals surface area contributed by atoms with Gasteiger partial charge in [0.25, 0.3) is 0 Å². The predicted molar refractivity (Wildman–Crippen MR) is 69.4 cm³/mol. The summed E-state index contributed by atoms with van der Waals surface area (Å²) in [7, 11) is 0. The molecule has 17 heavy (non-hydrogen) atoms. The quantitative estimate of drug-likeness (QED) is 0.842. The van der Waals surface area contributed by atoms with Crippen LogP contribution in [0.15, 0.2) is 0 Å². The highest BCUT2D eigenvalue weighted by Gasteiger charge is 2.27. The smallest absolute Gasteiger partial charge is 0.110 e. The third-order valence-electron chi connectivity index (χ3n) is 4.36. The van der Waals surface area contributed by atoms with E-state index in [0.29, 0.717) is 5.92 Å². The van der Waals surface area contributed by atoms with E-state index < -0.39 is 0 Å². The van der Waals surface area contributed by atoms with Gasteiger partial charge in [0.15, 0.2) is 0 Å². The van der Waals surface area contributed by atoms with E-state index in [4.69, 9.17) is 4.98 Å². The van der Waals surface area contributed by atoms with Gasteiger partial charge in [-0.25, -0.2) is 4.98 Å². The van der Waals surface area contributed by atoms with Crippen LogP contribution in [0.2, 0.25) is 0 Å². The van der Waals surface area contributed by atoms with Crippen LogP contribution in [-0.4, -0.2) is 23.1 Å². The van der Waals surface area contributed by atoms with Gasteiger partial charge in [0.1, 0.15) is 5.82 Å². The molecule has 0 amide bonds. The fraction of sp³-hybridized carbons (Fsp3) is 0.786. The van der Waals surface area contributed by atoms with Crippen LogP contribution in [0.5, 0.6) is 0 Å². The predicted octanol–water partition coefficient (Wildman–Crippen LogP) is 2.71. The highest BCUT2D eigenvalue weighted by atomic mass is 15.0. The lowest BCUT2D eigenvalue weighted by atomic mass is 9.82. The Morgan fingerprint density at radius 3 is 2.59 bits per heavy atom. The Labute approximate surface area is 103 Å². The highest BCUT2D eigenvalue weighted by molar-refractivity contribution is 5.23. The molecule has 1 aromatic heterocycles. The van der Waals surface area contributed by atoms with E-state index in [1.54, 1.807) is 0 Å². The summed E-state index contributed by atoms with van der Waals surface area (Å²) in [5.74, 6) is 2.62. The first-order valence-electron chi connectivity index (χ1n) is 7.18. The van der Waals surface area contributed by atoms with Gasteiger partial charge in [-0.3, -0.25) is 0 Å². The van der Waals surface area contributed by atoms with Crippen LogP contribution in [0.25, 0.3) is 0 Å². The van der Waals surface area contributed by atoms with Crippen molar-refractivity contribution < 1.29 is 0 Å². The van der Waals surface area contributed by atoms with Gasteiger partial charge in [0, 0.05) is 24.1 Å². The Balaban J connectivity index is 1.81. The van der Waals surface area contributed by atoms with Crippen LogP contribution in [0.3, 0.4) is 0 Å². The summed E-state index contributed by atoms with van der Waals surface area (Å²) >= 11 is 0. The second-order valence-electron chi connectivity index (χ2n) is 5.51. The zero-order valence-electron chi connectivity index (χ0n) is 10.8. The number of aryl methyl sites for hydroxylation is 1. The van der Waals surface area contributed by atoms with E-state index in [-0.39, 0.29) is 0 Å². The van der Waals surface area contributed by atoms with Crippen LogP contribution >= 0.6 is 0 Å². The van der Waals surface area contributed by atoms with Gasteiger partial charge in [-0.2, -0.15) is 0 Å². The molecule has 2 aliphatic rings. The second kappa shape index (κ2) is 4.81. The zero-order valence-corrected chi connectivity index (χ0v) is 10.8. The van der Waals surface area contributed by atoms with Crippen LogP contribution < -0.4 is 5.32 Å². The number of aromatic nitrogens is 2. The summed E-state index contributed by atoms with van der Waals surface area (Å²) in [6, 6.07) is 0. The Morgan fingerprint density at radius 2 is 2.00 bits per heavy atom. The maximum atomic E-state index is 4.93. The number of H-pyrrole nitrogens is 1. The van der Waals surface area contributed by atoms with E-state index in [1.807, 2.05) is 0 Å². The third kappa shape index (κ3) is 2.13. The number of nitrogens with zero attached hydrogens (tertiary/aromatic N) is 1. The van der Waals surface area contributed by atoms with Crippen molar-refractivity contribution in [1.82, 2.24) is 15.3 Å². The van der Waals surface area contributed by atoms with Gasteiger partial charge in [-0.05, 0) is 38.6 Å². The minimum absolute atomic E-state index is 0.614. The van der Waals surface area contributed by atoms with Crippen molar-refractivity contribution in [1.29, 1.82) is 0 Å². The topological polar surface area (TPSA) is 40.7 Å². The number of rotatable bonds is 3. The van der Waals surface area contributed by atoms with E-state index >= 15 is 0 Å². The maximum Gasteiger partial charge on any atom is 0.110 e. The van der Waals surface area contributed by atoms with Gasteiger partial charge < -0.3 is 10.3 Å². The molecule has 0 aromatic carbocycles. The number of piperidine rings is 1. The molecule has 3 heteroatoms. The van der Waals surface area contributed by atoms with Gasteiger partial charge in [-0.1, -0.05) is 13.3 Å². The summed E-state index contributed by atoms with van der Waals surface area (Å²) < 4.78 is 0. The first-order valence-corrected chi connectivity index (χ1v) is 7.18. The molecule has 0 bridgehead atoms. The summed E-state index contributed by atoms with van der Waals surface area (Å²) in [5, 5.41) is 3.48. The number of nitrogens with one attached hydrogen (secondary N) is 2. The molecule has 1 aromatic rings. The molecular formula is C14H23N3. The van der Waals surface area contributed by atoms with E-state index in [9.17, 15) is 0 Å². The zero-order chi connectivity index (χ0) is 11.7. The standard InChI is InChI=1S/C14H23N3/c1-2-12-13(10-5-3-6-10)17-14(16-12)11-7-4-8-15-9-11/h10-11,15H,2-9H2,1H3,(H,16,17). The summed E-state index contributed by atoms with van der Waals surface area (Å²) in [5.41, 5.74) is 2.79. The van der Waals surface area contributed by atoms with Gasteiger partial charge in [-0.15, -0.1) is 0 Å². The first-order chi connectivity index (χ1) is 8.38. The molecule has 1 unspecified atom stereocenters.